The molecule has 0 radical (unpaired) electrons. The molecule has 0 N–H and O–H groups in total. The quantitative estimate of drug-likeness (QED) is 0.213. The van der Waals surface area contributed by atoms with Crippen molar-refractivity contribution in [1.82, 2.24) is 19.9 Å². The average molecular weight is 564 g/mol. The summed E-state index contributed by atoms with van der Waals surface area (Å²) in [5.74, 6) is 1.84. The molecule has 41 heavy (non-hydrogen) atoms. The van der Waals surface area contributed by atoms with E-state index in [1.165, 1.54) is 15.5 Å². The minimum absolute atomic E-state index is 0.577. The molecule has 0 amide bonds. The van der Waals surface area contributed by atoms with Crippen molar-refractivity contribution >= 4 is 50.4 Å². The normalized spacial score (nSPS) is 12.2. The number of thiazole rings is 1. The lowest BCUT2D eigenvalue weighted by molar-refractivity contribution is 1.07. The van der Waals surface area contributed by atoms with Crippen LogP contribution in [-0.4, -0.2) is 19.9 Å². The predicted octanol–water partition coefficient (Wildman–Crippen LogP) is 9.42. The van der Waals surface area contributed by atoms with Crippen molar-refractivity contribution in [2.75, 3.05) is 4.90 Å². The van der Waals surface area contributed by atoms with Gasteiger partial charge in [-0.05, 0) is 36.4 Å². The van der Waals surface area contributed by atoms with Crippen LogP contribution in [0.4, 0.5) is 17.1 Å². The fraction of sp³-hybridized carbons (Fsp3) is 0. The molecule has 1 aliphatic rings. The molecule has 0 saturated carbocycles. The Morgan fingerprint density at radius 3 is 1.76 bits per heavy atom. The monoisotopic (exact) mass is 563 g/mol. The van der Waals surface area contributed by atoms with Gasteiger partial charge in [-0.3, -0.25) is 0 Å². The Morgan fingerprint density at radius 1 is 0.488 bits per heavy atom. The summed E-state index contributed by atoms with van der Waals surface area (Å²) >= 11 is 3.39. The molecule has 0 unspecified atom stereocenters. The number of hydrogen-bond donors (Lipinski definition) is 0. The standard InChI is InChI=1S/C34H21N5S2/c1-4-12-22(13-5-1)31-36-32(23-14-6-2-7-15-23)38-33(37-31)34-35-25-20-30-27(21-29(25)41-34)39(24-16-8-3-9-17-24)26-18-10-11-19-28(26)40-30/h1-21H. The van der Waals surface area contributed by atoms with Gasteiger partial charge in [0, 0.05) is 26.6 Å². The van der Waals surface area contributed by atoms with Crippen LogP contribution in [0.5, 0.6) is 0 Å². The molecule has 0 saturated heterocycles. The number of fused-ring (bicyclic) bond motifs is 3. The van der Waals surface area contributed by atoms with Crippen molar-refractivity contribution in [3.8, 4) is 33.6 Å². The number of anilines is 3. The molecule has 0 bridgehead atoms. The van der Waals surface area contributed by atoms with Crippen molar-refractivity contribution in [3.05, 3.63) is 127 Å². The van der Waals surface area contributed by atoms with E-state index >= 15 is 0 Å². The molecule has 5 aromatic carbocycles. The van der Waals surface area contributed by atoms with Crippen LogP contribution < -0.4 is 4.90 Å². The Kier molecular flexibility index (Phi) is 5.83. The van der Waals surface area contributed by atoms with Crippen LogP contribution >= 0.6 is 23.1 Å². The van der Waals surface area contributed by atoms with E-state index in [0.29, 0.717) is 17.5 Å². The number of para-hydroxylation sites is 2. The minimum atomic E-state index is 0.577. The topological polar surface area (TPSA) is 54.8 Å². The summed E-state index contributed by atoms with van der Waals surface area (Å²) in [6.07, 6.45) is 0. The van der Waals surface area contributed by atoms with Gasteiger partial charge in [0.2, 0.25) is 0 Å². The van der Waals surface area contributed by atoms with Crippen LogP contribution in [-0.2, 0) is 0 Å². The summed E-state index contributed by atoms with van der Waals surface area (Å²) in [6, 6.07) is 43.6. The number of hydrogen-bond acceptors (Lipinski definition) is 7. The van der Waals surface area contributed by atoms with Crippen molar-refractivity contribution in [2.45, 2.75) is 9.79 Å². The molecule has 3 heterocycles. The third kappa shape index (κ3) is 4.36. The summed E-state index contributed by atoms with van der Waals surface area (Å²) in [6.45, 7) is 0. The Bertz CT molecular complexity index is 1970. The van der Waals surface area contributed by atoms with Gasteiger partial charge in [-0.2, -0.15) is 0 Å². The highest BCUT2D eigenvalue weighted by Gasteiger charge is 2.26. The zero-order valence-electron chi connectivity index (χ0n) is 21.7. The average Bonchev–Trinajstić information content (AvgIpc) is 3.46. The van der Waals surface area contributed by atoms with Gasteiger partial charge in [-0.1, -0.05) is 103 Å². The van der Waals surface area contributed by atoms with Crippen LogP contribution in [0.2, 0.25) is 0 Å². The first-order chi connectivity index (χ1) is 20.3. The molecule has 0 spiro atoms. The van der Waals surface area contributed by atoms with Crippen LogP contribution in [0.25, 0.3) is 43.8 Å². The molecule has 0 fully saturated rings. The minimum Gasteiger partial charge on any atom is -0.308 e. The number of benzene rings is 5. The summed E-state index contributed by atoms with van der Waals surface area (Å²) in [5, 5.41) is 0.771. The summed E-state index contributed by atoms with van der Waals surface area (Å²) in [5.41, 5.74) is 6.27. The Morgan fingerprint density at radius 2 is 1.07 bits per heavy atom. The van der Waals surface area contributed by atoms with Gasteiger partial charge in [0.25, 0.3) is 0 Å². The van der Waals surface area contributed by atoms with Crippen molar-refractivity contribution in [1.29, 1.82) is 0 Å². The molecule has 0 aliphatic carbocycles. The Balaban J connectivity index is 1.29. The number of nitrogens with zero attached hydrogens (tertiary/aromatic N) is 5. The summed E-state index contributed by atoms with van der Waals surface area (Å²) in [7, 11) is 0. The first-order valence-corrected chi connectivity index (χ1v) is 14.9. The lowest BCUT2D eigenvalue weighted by atomic mass is 10.1. The fourth-order valence-corrected chi connectivity index (χ4v) is 7.02. The maximum atomic E-state index is 5.05. The molecular formula is C34H21N5S2. The van der Waals surface area contributed by atoms with Gasteiger partial charge in [-0.15, -0.1) is 11.3 Å². The third-order valence-corrected chi connectivity index (χ3v) is 9.07. The van der Waals surface area contributed by atoms with Gasteiger partial charge in [0.05, 0.1) is 21.6 Å². The lowest BCUT2D eigenvalue weighted by Gasteiger charge is -2.32. The molecule has 8 rings (SSSR count). The van der Waals surface area contributed by atoms with Gasteiger partial charge >= 0.3 is 0 Å². The third-order valence-electron chi connectivity index (χ3n) is 6.94. The van der Waals surface area contributed by atoms with E-state index in [9.17, 15) is 0 Å². The van der Waals surface area contributed by atoms with Crippen LogP contribution in [0, 0.1) is 0 Å². The van der Waals surface area contributed by atoms with Gasteiger partial charge in [-0.25, -0.2) is 19.9 Å². The van der Waals surface area contributed by atoms with E-state index in [-0.39, 0.29) is 0 Å². The van der Waals surface area contributed by atoms with E-state index in [1.54, 1.807) is 23.1 Å². The zero-order chi connectivity index (χ0) is 27.2. The second-order valence-corrected chi connectivity index (χ2v) is 11.7. The van der Waals surface area contributed by atoms with E-state index in [2.05, 4.69) is 71.6 Å². The number of rotatable bonds is 4. The second-order valence-electron chi connectivity index (χ2n) is 9.59. The smallest absolute Gasteiger partial charge is 0.192 e. The highest BCUT2D eigenvalue weighted by Crippen LogP contribution is 2.52. The van der Waals surface area contributed by atoms with E-state index < -0.39 is 0 Å². The maximum Gasteiger partial charge on any atom is 0.192 e. The van der Waals surface area contributed by atoms with E-state index in [1.807, 2.05) is 60.7 Å². The SMILES string of the molecule is c1ccc(-c2nc(-c3ccccc3)nc(-c3nc4cc5c(cc4s3)N(c3ccccc3)c3ccccc3S5)n2)cc1. The molecule has 2 aromatic heterocycles. The predicted molar refractivity (Wildman–Crippen MR) is 168 cm³/mol. The maximum absolute atomic E-state index is 5.05. The zero-order valence-corrected chi connectivity index (χ0v) is 23.3. The van der Waals surface area contributed by atoms with Gasteiger partial charge in [0.15, 0.2) is 22.5 Å². The first-order valence-electron chi connectivity index (χ1n) is 13.2. The molecule has 7 heteroatoms. The molecule has 0 atom stereocenters. The van der Waals surface area contributed by atoms with E-state index in [4.69, 9.17) is 19.9 Å². The van der Waals surface area contributed by atoms with Crippen molar-refractivity contribution < 1.29 is 0 Å². The highest BCUT2D eigenvalue weighted by atomic mass is 32.2. The summed E-state index contributed by atoms with van der Waals surface area (Å²) in [4.78, 5) is 24.4. The van der Waals surface area contributed by atoms with E-state index in [0.717, 1.165) is 37.7 Å². The Labute approximate surface area is 245 Å². The molecular weight excluding hydrogens is 543 g/mol. The highest BCUT2D eigenvalue weighted by molar-refractivity contribution is 7.99. The van der Waals surface area contributed by atoms with Gasteiger partial charge < -0.3 is 4.90 Å². The van der Waals surface area contributed by atoms with Crippen LogP contribution in [0.15, 0.2) is 137 Å². The van der Waals surface area contributed by atoms with Gasteiger partial charge in [0.1, 0.15) is 0 Å². The van der Waals surface area contributed by atoms with Crippen LogP contribution in [0.3, 0.4) is 0 Å². The Hall–Kier alpha value is -4.85. The first kappa shape index (κ1) is 24.0. The van der Waals surface area contributed by atoms with Crippen LogP contribution in [0.1, 0.15) is 0 Å². The molecule has 7 aromatic rings. The molecule has 5 nitrogen and oxygen atoms in total. The number of aromatic nitrogens is 4. The largest absolute Gasteiger partial charge is 0.308 e. The molecule has 1 aliphatic heterocycles. The van der Waals surface area contributed by atoms with Crippen molar-refractivity contribution in [3.63, 3.8) is 0 Å². The molecule has 194 valence electrons. The fourth-order valence-electron chi connectivity index (χ4n) is 5.03. The summed E-state index contributed by atoms with van der Waals surface area (Å²) < 4.78 is 1.09. The second kappa shape index (κ2) is 9.96. The lowest BCUT2D eigenvalue weighted by Crippen LogP contribution is -2.14. The van der Waals surface area contributed by atoms with Crippen molar-refractivity contribution in [2.24, 2.45) is 0 Å².